The van der Waals surface area contributed by atoms with E-state index in [9.17, 15) is 13.2 Å². The van der Waals surface area contributed by atoms with E-state index in [2.05, 4.69) is 4.90 Å². The second-order valence-corrected chi connectivity index (χ2v) is 11.1. The Bertz CT molecular complexity index is 1070. The Balaban J connectivity index is 0.00000324. The zero-order valence-corrected chi connectivity index (χ0v) is 21.5. The van der Waals surface area contributed by atoms with E-state index in [1.165, 1.54) is 38.6 Å². The molecule has 0 N–H and O–H groups in total. The lowest BCUT2D eigenvalue weighted by atomic mass is 10.0. The first-order chi connectivity index (χ1) is 15.9. The van der Waals surface area contributed by atoms with Crippen LogP contribution in [0.15, 0.2) is 47.4 Å². The summed E-state index contributed by atoms with van der Waals surface area (Å²) in [5, 5.41) is 0. The van der Waals surface area contributed by atoms with E-state index in [4.69, 9.17) is 4.74 Å². The molecule has 0 aromatic heterocycles. The smallest absolute Gasteiger partial charge is 0.253 e. The second-order valence-electron chi connectivity index (χ2n) is 9.12. The van der Waals surface area contributed by atoms with Crippen LogP contribution in [0.4, 0.5) is 0 Å². The van der Waals surface area contributed by atoms with Gasteiger partial charge in [-0.15, -0.1) is 12.4 Å². The predicted octanol–water partition coefficient (Wildman–Crippen LogP) is 4.01. The van der Waals surface area contributed by atoms with Crippen molar-refractivity contribution < 1.29 is 17.9 Å². The molecule has 1 saturated heterocycles. The summed E-state index contributed by atoms with van der Waals surface area (Å²) < 4.78 is 29.6. The maximum absolute atomic E-state index is 13.1. The lowest BCUT2D eigenvalue weighted by molar-refractivity contribution is 0.0763. The number of nitrogens with zero attached hydrogens (tertiary/aromatic N) is 2. The summed E-state index contributed by atoms with van der Waals surface area (Å²) in [6.45, 7) is 5.38. The van der Waals surface area contributed by atoms with Crippen LogP contribution in [0.5, 0.6) is 5.75 Å². The molecule has 2 aromatic carbocycles. The first-order valence-corrected chi connectivity index (χ1v) is 13.9. The topological polar surface area (TPSA) is 66.9 Å². The molecule has 6 nitrogen and oxygen atoms in total. The predicted molar refractivity (Wildman–Crippen MR) is 137 cm³/mol. The lowest BCUT2D eigenvalue weighted by Crippen LogP contribution is -2.33. The SMILES string of the molecule is CS(=O)(=O)c1ccc2c(c1)CCN(C(=O)c1ccc(OCCCN3CCCCC3)cc1)CC2.Cl. The molecule has 1 amide bonds. The zero-order valence-electron chi connectivity index (χ0n) is 19.9. The Morgan fingerprint density at radius 1 is 0.912 bits per heavy atom. The van der Waals surface area contributed by atoms with Crippen molar-refractivity contribution in [3.05, 3.63) is 59.2 Å². The van der Waals surface area contributed by atoms with Gasteiger partial charge in [0.2, 0.25) is 0 Å². The average Bonchev–Trinajstić information content (AvgIpc) is 3.04. The molecule has 0 atom stereocenters. The summed E-state index contributed by atoms with van der Waals surface area (Å²) in [5.74, 6) is 0.796. The standard InChI is InChI=1S/C26H34N2O4S.ClH/c1-33(30,31)25-11-8-21-12-17-28(18-13-23(21)20-25)26(29)22-6-9-24(10-7-22)32-19-5-16-27-14-3-2-4-15-27;/h6-11,20H,2-5,12-19H2,1H3;1H. The van der Waals surface area contributed by atoms with E-state index in [1.807, 2.05) is 35.2 Å². The maximum atomic E-state index is 13.1. The molecule has 34 heavy (non-hydrogen) atoms. The summed E-state index contributed by atoms with van der Waals surface area (Å²) in [7, 11) is -3.23. The number of sulfone groups is 1. The van der Waals surface area contributed by atoms with E-state index < -0.39 is 9.84 Å². The van der Waals surface area contributed by atoms with E-state index in [-0.39, 0.29) is 18.3 Å². The molecule has 2 heterocycles. The molecule has 0 unspecified atom stereocenters. The van der Waals surface area contributed by atoms with E-state index >= 15 is 0 Å². The van der Waals surface area contributed by atoms with Crippen molar-refractivity contribution in [2.45, 2.75) is 43.4 Å². The molecular formula is C26H35ClN2O4S. The van der Waals surface area contributed by atoms with Crippen molar-refractivity contribution in [1.82, 2.24) is 9.80 Å². The minimum absolute atomic E-state index is 0. The van der Waals surface area contributed by atoms with E-state index in [0.717, 1.165) is 36.3 Å². The van der Waals surface area contributed by atoms with Crippen LogP contribution in [0.25, 0.3) is 0 Å². The molecule has 8 heteroatoms. The number of halogens is 1. The molecule has 0 aliphatic carbocycles. The summed E-state index contributed by atoms with van der Waals surface area (Å²) in [6, 6.07) is 12.7. The molecular weight excluding hydrogens is 472 g/mol. The highest BCUT2D eigenvalue weighted by atomic mass is 35.5. The van der Waals surface area contributed by atoms with Crippen LogP contribution in [-0.2, 0) is 22.7 Å². The fourth-order valence-electron chi connectivity index (χ4n) is 4.67. The number of carbonyl (C=O) groups is 1. The highest BCUT2D eigenvalue weighted by Crippen LogP contribution is 2.22. The minimum Gasteiger partial charge on any atom is -0.494 e. The Morgan fingerprint density at radius 3 is 2.26 bits per heavy atom. The third-order valence-corrected chi connectivity index (χ3v) is 7.74. The van der Waals surface area contributed by atoms with Gasteiger partial charge in [-0.1, -0.05) is 12.5 Å². The average molecular weight is 507 g/mol. The third kappa shape index (κ3) is 6.96. The van der Waals surface area contributed by atoms with Gasteiger partial charge in [-0.05, 0) is 92.7 Å². The summed E-state index contributed by atoms with van der Waals surface area (Å²) in [4.78, 5) is 17.8. The minimum atomic E-state index is -3.23. The number of benzene rings is 2. The number of amides is 1. The van der Waals surface area contributed by atoms with Gasteiger partial charge >= 0.3 is 0 Å². The van der Waals surface area contributed by atoms with Gasteiger partial charge in [-0.3, -0.25) is 4.79 Å². The first-order valence-electron chi connectivity index (χ1n) is 12.0. The fourth-order valence-corrected chi connectivity index (χ4v) is 5.34. The van der Waals surface area contributed by atoms with Crippen molar-refractivity contribution in [1.29, 1.82) is 0 Å². The van der Waals surface area contributed by atoms with Crippen LogP contribution in [0.3, 0.4) is 0 Å². The van der Waals surface area contributed by atoms with Crippen molar-refractivity contribution in [2.75, 3.05) is 45.6 Å². The molecule has 0 bridgehead atoms. The van der Waals surface area contributed by atoms with Gasteiger partial charge < -0.3 is 14.5 Å². The summed E-state index contributed by atoms with van der Waals surface area (Å²) >= 11 is 0. The lowest BCUT2D eigenvalue weighted by Gasteiger charge is -2.26. The summed E-state index contributed by atoms with van der Waals surface area (Å²) in [5.41, 5.74) is 2.78. The maximum Gasteiger partial charge on any atom is 0.253 e. The van der Waals surface area contributed by atoms with Crippen molar-refractivity contribution in [2.24, 2.45) is 0 Å². The molecule has 0 saturated carbocycles. The Hall–Kier alpha value is -2.09. The van der Waals surface area contributed by atoms with Gasteiger partial charge in [-0.25, -0.2) is 8.42 Å². The number of hydrogen-bond donors (Lipinski definition) is 0. The third-order valence-electron chi connectivity index (χ3n) is 6.63. The van der Waals surface area contributed by atoms with Crippen molar-refractivity contribution in [3.63, 3.8) is 0 Å². The van der Waals surface area contributed by atoms with Crippen LogP contribution in [0.1, 0.15) is 47.2 Å². The Labute approximate surface area is 209 Å². The number of likely N-dealkylation sites (tertiary alicyclic amines) is 1. The van der Waals surface area contributed by atoms with Gasteiger partial charge in [0.15, 0.2) is 9.84 Å². The Morgan fingerprint density at radius 2 is 1.59 bits per heavy atom. The number of fused-ring (bicyclic) bond motifs is 1. The molecule has 1 fully saturated rings. The highest BCUT2D eigenvalue weighted by Gasteiger charge is 2.21. The quantitative estimate of drug-likeness (QED) is 0.531. The number of carbonyl (C=O) groups excluding carboxylic acids is 1. The Kier molecular flexibility index (Phi) is 9.39. The number of piperidine rings is 1. The van der Waals surface area contributed by atoms with Crippen LogP contribution in [0.2, 0.25) is 0 Å². The highest BCUT2D eigenvalue weighted by molar-refractivity contribution is 7.90. The normalized spacial score (nSPS) is 16.8. The fraction of sp³-hybridized carbons (Fsp3) is 0.500. The molecule has 2 aliphatic rings. The monoisotopic (exact) mass is 506 g/mol. The van der Waals surface area contributed by atoms with Crippen molar-refractivity contribution in [3.8, 4) is 5.75 Å². The molecule has 0 radical (unpaired) electrons. The van der Waals surface area contributed by atoms with Crippen molar-refractivity contribution >= 4 is 28.2 Å². The molecule has 2 aliphatic heterocycles. The molecule has 186 valence electrons. The van der Waals surface area contributed by atoms with Gasteiger partial charge in [0.25, 0.3) is 5.91 Å². The van der Waals surface area contributed by atoms with Gasteiger partial charge in [0, 0.05) is 31.5 Å². The van der Waals surface area contributed by atoms with E-state index in [1.54, 1.807) is 12.1 Å². The second kappa shape index (κ2) is 12.0. The molecule has 0 spiro atoms. The van der Waals surface area contributed by atoms with Gasteiger partial charge in [-0.2, -0.15) is 0 Å². The van der Waals surface area contributed by atoms with Crippen LogP contribution in [0, 0.1) is 0 Å². The zero-order chi connectivity index (χ0) is 23.3. The number of ether oxygens (including phenoxy) is 1. The number of rotatable bonds is 7. The summed E-state index contributed by atoms with van der Waals surface area (Å²) in [6.07, 6.45) is 7.58. The van der Waals surface area contributed by atoms with Gasteiger partial charge in [0.05, 0.1) is 11.5 Å². The van der Waals surface area contributed by atoms with Crippen LogP contribution < -0.4 is 4.74 Å². The first kappa shape index (κ1) is 26.5. The molecule has 4 rings (SSSR count). The largest absolute Gasteiger partial charge is 0.494 e. The number of hydrogen-bond acceptors (Lipinski definition) is 5. The van der Waals surface area contributed by atoms with Crippen LogP contribution in [-0.4, -0.2) is 69.7 Å². The van der Waals surface area contributed by atoms with Crippen LogP contribution >= 0.6 is 12.4 Å². The van der Waals surface area contributed by atoms with Gasteiger partial charge in [0.1, 0.15) is 5.75 Å². The van der Waals surface area contributed by atoms with E-state index in [0.29, 0.717) is 36.6 Å². The molecule has 2 aromatic rings.